The number of aromatic nitrogens is 7. The van der Waals surface area contributed by atoms with Crippen molar-refractivity contribution in [3.8, 4) is 0 Å². The van der Waals surface area contributed by atoms with Crippen LogP contribution in [0.2, 0.25) is 0 Å². The van der Waals surface area contributed by atoms with Gasteiger partial charge < -0.3 is 30.5 Å². The molecule has 0 radical (unpaired) electrons. The van der Waals surface area contributed by atoms with Crippen molar-refractivity contribution in [1.29, 1.82) is 0 Å². The van der Waals surface area contributed by atoms with Crippen LogP contribution in [0.15, 0.2) is 23.0 Å². The van der Waals surface area contributed by atoms with E-state index in [4.69, 9.17) is 24.0 Å². The number of phosphoric ester groups is 2. The summed E-state index contributed by atoms with van der Waals surface area (Å²) in [7, 11) is -9.46. The Balaban J connectivity index is 1.08. The summed E-state index contributed by atoms with van der Waals surface area (Å²) >= 11 is 1.34. The second-order valence-corrected chi connectivity index (χ2v) is 13.5. The fourth-order valence-corrected chi connectivity index (χ4v) is 7.27. The molecule has 0 spiro atoms. The smallest absolute Gasteiger partial charge is 0.369 e. The van der Waals surface area contributed by atoms with E-state index < -0.39 is 52.2 Å². The van der Waals surface area contributed by atoms with Crippen molar-refractivity contribution < 1.29 is 42.1 Å². The lowest BCUT2D eigenvalue weighted by Crippen LogP contribution is -2.23. The number of imidazole rings is 1. The van der Waals surface area contributed by atoms with Gasteiger partial charge in [0.25, 0.3) is 5.56 Å². The molecule has 2 aliphatic rings. The lowest BCUT2D eigenvalue weighted by molar-refractivity contribution is -0.0261. The summed E-state index contributed by atoms with van der Waals surface area (Å²) in [6.45, 7) is -0.704. The molecule has 5 heterocycles. The second-order valence-electron chi connectivity index (χ2n) is 10.1. The van der Waals surface area contributed by atoms with Gasteiger partial charge in [-0.25, -0.2) is 29.1 Å². The van der Waals surface area contributed by atoms with Gasteiger partial charge in [0.1, 0.15) is 22.9 Å². The molecule has 0 bridgehead atoms. The monoisotopic (exact) mass is 659 g/mol. The predicted octanol–water partition coefficient (Wildman–Crippen LogP) is 1.28. The van der Waals surface area contributed by atoms with Crippen LogP contribution >= 0.6 is 27.0 Å². The minimum absolute atomic E-state index is 0.0715. The molecular weight excluding hydrogens is 632 g/mol. The topological polar surface area (TPSA) is 272 Å². The van der Waals surface area contributed by atoms with Crippen LogP contribution in [-0.2, 0) is 27.4 Å². The van der Waals surface area contributed by atoms with Crippen LogP contribution in [0.1, 0.15) is 31.9 Å². The SMILES string of the molecule is Nc1nc2c(ncn2[C@H]2CC[C@@H](COP(=O)(O)O[C@H]3C[C@H](Nc4ncnc5scnc45)C[C@@H]3COP(=O)(O)O)O2)c(=O)[nH]1. The summed E-state index contributed by atoms with van der Waals surface area (Å²) < 4.78 is 47.3. The molecule has 1 saturated heterocycles. The van der Waals surface area contributed by atoms with Crippen LogP contribution in [0.5, 0.6) is 0 Å². The highest BCUT2D eigenvalue weighted by Crippen LogP contribution is 2.50. The lowest BCUT2D eigenvalue weighted by Gasteiger charge is -2.23. The number of ether oxygens (including phenoxy) is 1. The molecule has 6 rings (SSSR count). The molecule has 0 aromatic carbocycles. The first-order chi connectivity index (χ1) is 20.4. The van der Waals surface area contributed by atoms with E-state index in [0.29, 0.717) is 29.0 Å². The number of nitrogens with two attached hydrogens (primary N) is 1. The number of nitrogens with zero attached hydrogens (tertiary/aromatic N) is 6. The maximum atomic E-state index is 13.0. The van der Waals surface area contributed by atoms with Crippen molar-refractivity contribution in [3.05, 3.63) is 28.5 Å². The Bertz CT molecular complexity index is 1780. The van der Waals surface area contributed by atoms with Crippen LogP contribution in [0, 0.1) is 5.92 Å². The minimum Gasteiger partial charge on any atom is -0.369 e. The van der Waals surface area contributed by atoms with Crippen LogP contribution in [0.4, 0.5) is 11.8 Å². The molecule has 1 unspecified atom stereocenters. The molecule has 4 aromatic rings. The van der Waals surface area contributed by atoms with Gasteiger partial charge >= 0.3 is 15.6 Å². The normalized spacial score (nSPS) is 25.9. The van der Waals surface area contributed by atoms with Crippen molar-refractivity contribution in [2.75, 3.05) is 24.3 Å². The van der Waals surface area contributed by atoms with Gasteiger partial charge in [-0.1, -0.05) is 0 Å². The third kappa shape index (κ3) is 6.93. The average Bonchev–Trinajstić information content (AvgIpc) is 3.72. The number of thiazole rings is 1. The number of anilines is 2. The number of nitrogen functional groups attached to an aromatic ring is 1. The van der Waals surface area contributed by atoms with Gasteiger partial charge in [0.05, 0.1) is 37.3 Å². The van der Waals surface area contributed by atoms with Crippen LogP contribution < -0.4 is 16.6 Å². The molecule has 1 aliphatic heterocycles. The predicted molar refractivity (Wildman–Crippen MR) is 150 cm³/mol. The van der Waals surface area contributed by atoms with Crippen LogP contribution in [-0.4, -0.2) is 80.6 Å². The molecule has 43 heavy (non-hydrogen) atoms. The molecule has 2 fully saturated rings. The molecule has 0 amide bonds. The number of H-pyrrole nitrogens is 1. The van der Waals surface area contributed by atoms with Crippen molar-refractivity contribution >= 4 is 60.3 Å². The van der Waals surface area contributed by atoms with Gasteiger partial charge in [-0.3, -0.25) is 27.9 Å². The standard InChI is InChI=1S/C21H27N9O10P2S/c22-21-28-18-16(19(31)29-21)25-8-30(18)14-2-1-12(39-14)6-38-42(35,36)40-13-4-11(3-10(13)5-37-41(32,33)34)27-17-15-20(24-7-23-17)43-9-26-15/h7-14H,1-6H2,(H,35,36)(H,23,24,27)(H2,32,33,34)(H3,22,28,29,31)/t10-,11-,12+,13+,14-/m1/s1. The third-order valence-corrected chi connectivity index (χ3v) is 9.33. The summed E-state index contributed by atoms with van der Waals surface area (Å²) in [4.78, 5) is 64.9. The zero-order valence-electron chi connectivity index (χ0n) is 22.1. The number of hydrogen-bond acceptors (Lipinski definition) is 15. The van der Waals surface area contributed by atoms with Gasteiger partial charge in [0.15, 0.2) is 17.0 Å². The highest BCUT2D eigenvalue weighted by atomic mass is 32.1. The van der Waals surface area contributed by atoms with Crippen molar-refractivity contribution in [2.45, 2.75) is 50.2 Å². The Kier molecular flexibility index (Phi) is 8.33. The highest BCUT2D eigenvalue weighted by molar-refractivity contribution is 7.47. The van der Waals surface area contributed by atoms with Crippen LogP contribution in [0.3, 0.4) is 0 Å². The molecule has 1 saturated carbocycles. The molecule has 19 nitrogen and oxygen atoms in total. The fraction of sp³-hybridized carbons (Fsp3) is 0.524. The lowest BCUT2D eigenvalue weighted by atomic mass is 10.1. The Labute approximate surface area is 245 Å². The number of phosphoric acid groups is 2. The molecule has 22 heteroatoms. The quantitative estimate of drug-likeness (QED) is 0.124. The Morgan fingerprint density at radius 2 is 1.95 bits per heavy atom. The number of aromatic amines is 1. The van der Waals surface area contributed by atoms with Gasteiger partial charge in [0.2, 0.25) is 5.95 Å². The second kappa shape index (κ2) is 11.9. The first kappa shape index (κ1) is 30.1. The van der Waals surface area contributed by atoms with Crippen LogP contribution in [0.25, 0.3) is 21.5 Å². The third-order valence-electron chi connectivity index (χ3n) is 7.10. The van der Waals surface area contributed by atoms with E-state index in [2.05, 4.69) is 35.2 Å². The first-order valence-electron chi connectivity index (χ1n) is 13.0. The summed E-state index contributed by atoms with van der Waals surface area (Å²) in [6, 6.07) is -0.353. The number of rotatable bonds is 11. The van der Waals surface area contributed by atoms with E-state index in [1.54, 1.807) is 10.1 Å². The fourth-order valence-electron chi connectivity index (χ4n) is 5.24. The zero-order valence-corrected chi connectivity index (χ0v) is 24.7. The molecule has 1 aliphatic carbocycles. The van der Waals surface area contributed by atoms with E-state index in [1.165, 1.54) is 24.0 Å². The first-order valence-corrected chi connectivity index (χ1v) is 16.9. The molecule has 6 atom stereocenters. The molecule has 4 aromatic heterocycles. The van der Waals surface area contributed by atoms with Gasteiger partial charge in [0, 0.05) is 12.0 Å². The molecule has 7 N–H and O–H groups in total. The maximum Gasteiger partial charge on any atom is 0.472 e. The van der Waals surface area contributed by atoms with Gasteiger partial charge in [-0.2, -0.15) is 4.98 Å². The van der Waals surface area contributed by atoms with E-state index >= 15 is 0 Å². The summed E-state index contributed by atoms with van der Waals surface area (Å²) in [5, 5.41) is 3.22. The number of hydrogen-bond donors (Lipinski definition) is 6. The highest BCUT2D eigenvalue weighted by Gasteiger charge is 2.42. The van der Waals surface area contributed by atoms with Crippen molar-refractivity contribution in [3.63, 3.8) is 0 Å². The number of nitrogens with one attached hydrogen (secondary N) is 2. The summed E-state index contributed by atoms with van der Waals surface area (Å²) in [5.74, 6) is -0.277. The Hall–Kier alpha value is -2.90. The minimum atomic E-state index is -4.80. The summed E-state index contributed by atoms with van der Waals surface area (Å²) in [6.07, 6.45) is 2.11. The van der Waals surface area contributed by atoms with Gasteiger partial charge in [-0.05, 0) is 25.7 Å². The Morgan fingerprint density at radius 1 is 1.12 bits per heavy atom. The Morgan fingerprint density at radius 3 is 2.77 bits per heavy atom. The largest absolute Gasteiger partial charge is 0.472 e. The van der Waals surface area contributed by atoms with Crippen molar-refractivity contribution in [2.24, 2.45) is 5.92 Å². The van der Waals surface area contributed by atoms with Crippen molar-refractivity contribution in [1.82, 2.24) is 34.5 Å². The summed E-state index contributed by atoms with van der Waals surface area (Å²) in [5.41, 5.74) is 7.70. The average molecular weight is 660 g/mol. The zero-order chi connectivity index (χ0) is 30.4. The van der Waals surface area contributed by atoms with E-state index in [1.807, 2.05) is 0 Å². The van der Waals surface area contributed by atoms with E-state index in [9.17, 15) is 28.6 Å². The maximum absolute atomic E-state index is 13.0. The van der Waals surface area contributed by atoms with E-state index in [0.717, 1.165) is 0 Å². The molecule has 232 valence electrons. The number of fused-ring (bicyclic) bond motifs is 2. The van der Waals surface area contributed by atoms with Gasteiger partial charge in [-0.15, -0.1) is 11.3 Å². The van der Waals surface area contributed by atoms with E-state index in [-0.39, 0.29) is 42.6 Å². The molecular formula is C21H27N9O10P2S.